The monoisotopic (exact) mass is 234 g/mol. The molecule has 3 heteroatoms. The lowest BCUT2D eigenvalue weighted by Gasteiger charge is -2.08. The van der Waals surface area contributed by atoms with E-state index >= 15 is 0 Å². The lowest BCUT2D eigenvalue weighted by atomic mass is 9.96. The molecule has 0 N–H and O–H groups in total. The minimum absolute atomic E-state index is 0.204. The van der Waals surface area contributed by atoms with E-state index in [0.29, 0.717) is 11.4 Å². The molecular formula is C13H11ClO2. The second-order valence-electron chi connectivity index (χ2n) is 3.58. The summed E-state index contributed by atoms with van der Waals surface area (Å²) in [7, 11) is 0. The average Bonchev–Trinajstić information content (AvgIpc) is 2.78. The van der Waals surface area contributed by atoms with Crippen molar-refractivity contribution in [2.24, 2.45) is 0 Å². The second-order valence-corrected chi connectivity index (χ2v) is 4.02. The van der Waals surface area contributed by atoms with Gasteiger partial charge in [0.05, 0.1) is 6.26 Å². The fourth-order valence-electron chi connectivity index (χ4n) is 1.63. The maximum Gasteiger partial charge on any atom is 0.127 e. The van der Waals surface area contributed by atoms with Gasteiger partial charge in [-0.05, 0) is 29.8 Å². The molecule has 82 valence electrons. The van der Waals surface area contributed by atoms with Gasteiger partial charge in [-0.2, -0.15) is 0 Å². The highest BCUT2D eigenvalue weighted by Crippen LogP contribution is 2.22. The van der Waals surface area contributed by atoms with E-state index in [-0.39, 0.29) is 5.92 Å². The van der Waals surface area contributed by atoms with Gasteiger partial charge in [0.25, 0.3) is 0 Å². The van der Waals surface area contributed by atoms with Gasteiger partial charge in [-0.3, -0.25) is 0 Å². The molecule has 2 aromatic rings. The number of aldehydes is 1. The van der Waals surface area contributed by atoms with Gasteiger partial charge in [-0.15, -0.1) is 0 Å². The lowest BCUT2D eigenvalue weighted by Crippen LogP contribution is -2.03. The first-order valence-corrected chi connectivity index (χ1v) is 5.40. The van der Waals surface area contributed by atoms with Crippen LogP contribution in [-0.4, -0.2) is 6.29 Å². The number of hydrogen-bond donors (Lipinski definition) is 0. The third kappa shape index (κ3) is 2.52. The van der Waals surface area contributed by atoms with Crippen LogP contribution in [0.5, 0.6) is 0 Å². The fraction of sp³-hybridized carbons (Fsp3) is 0.154. The van der Waals surface area contributed by atoms with Gasteiger partial charge < -0.3 is 9.21 Å². The molecule has 2 rings (SSSR count). The highest BCUT2D eigenvalue weighted by Gasteiger charge is 2.13. The first-order chi connectivity index (χ1) is 7.79. The molecule has 0 aliphatic rings. The standard InChI is InChI=1S/C13H11ClO2/c14-12-4-1-3-10(7-12)11(9-15)8-13-5-2-6-16-13/h1-7,9,11H,8H2. The Morgan fingerprint density at radius 1 is 1.31 bits per heavy atom. The van der Waals surface area contributed by atoms with Crippen molar-refractivity contribution in [2.75, 3.05) is 0 Å². The molecule has 0 saturated heterocycles. The van der Waals surface area contributed by atoms with Crippen LogP contribution in [0.2, 0.25) is 5.02 Å². The van der Waals surface area contributed by atoms with Crippen LogP contribution in [0.25, 0.3) is 0 Å². The van der Waals surface area contributed by atoms with Crippen LogP contribution in [0.4, 0.5) is 0 Å². The number of rotatable bonds is 4. The molecule has 0 bridgehead atoms. The van der Waals surface area contributed by atoms with Crippen molar-refractivity contribution in [1.29, 1.82) is 0 Å². The van der Waals surface area contributed by atoms with Crippen LogP contribution in [0.3, 0.4) is 0 Å². The molecule has 1 unspecified atom stereocenters. The van der Waals surface area contributed by atoms with E-state index in [0.717, 1.165) is 17.6 Å². The minimum Gasteiger partial charge on any atom is -0.469 e. The third-order valence-corrected chi connectivity index (χ3v) is 2.68. The van der Waals surface area contributed by atoms with E-state index in [1.165, 1.54) is 0 Å². The van der Waals surface area contributed by atoms with Gasteiger partial charge in [0, 0.05) is 17.4 Å². The predicted molar refractivity (Wildman–Crippen MR) is 62.7 cm³/mol. The van der Waals surface area contributed by atoms with Crippen molar-refractivity contribution in [3.05, 3.63) is 59.0 Å². The van der Waals surface area contributed by atoms with E-state index in [9.17, 15) is 4.79 Å². The normalized spacial score (nSPS) is 12.3. The summed E-state index contributed by atoms with van der Waals surface area (Å²) in [6.45, 7) is 0. The molecule has 0 fully saturated rings. The van der Waals surface area contributed by atoms with E-state index in [1.807, 2.05) is 30.3 Å². The van der Waals surface area contributed by atoms with Crippen molar-refractivity contribution in [2.45, 2.75) is 12.3 Å². The molecule has 16 heavy (non-hydrogen) atoms. The Labute approximate surface area is 98.8 Å². The predicted octanol–water partition coefficient (Wildman–Crippen LogP) is 3.46. The summed E-state index contributed by atoms with van der Waals surface area (Å²) in [6, 6.07) is 11.0. The van der Waals surface area contributed by atoms with Gasteiger partial charge in [0.2, 0.25) is 0 Å². The second kappa shape index (κ2) is 4.99. The van der Waals surface area contributed by atoms with Gasteiger partial charge in [-0.25, -0.2) is 0 Å². The third-order valence-electron chi connectivity index (χ3n) is 2.44. The summed E-state index contributed by atoms with van der Waals surface area (Å²) in [5.41, 5.74) is 0.916. The fourth-order valence-corrected chi connectivity index (χ4v) is 1.83. The Morgan fingerprint density at radius 3 is 2.81 bits per heavy atom. The first-order valence-electron chi connectivity index (χ1n) is 5.03. The van der Waals surface area contributed by atoms with Gasteiger partial charge in [-0.1, -0.05) is 23.7 Å². The molecule has 1 atom stereocenters. The van der Waals surface area contributed by atoms with Crippen molar-refractivity contribution in [3.63, 3.8) is 0 Å². The number of benzene rings is 1. The molecule has 0 aliphatic heterocycles. The Hall–Kier alpha value is -1.54. The Balaban J connectivity index is 2.19. The lowest BCUT2D eigenvalue weighted by molar-refractivity contribution is -0.109. The molecule has 0 saturated carbocycles. The van der Waals surface area contributed by atoms with Crippen LogP contribution in [-0.2, 0) is 11.2 Å². The minimum atomic E-state index is -0.204. The highest BCUT2D eigenvalue weighted by molar-refractivity contribution is 6.30. The number of halogens is 1. The van der Waals surface area contributed by atoms with Crippen molar-refractivity contribution >= 4 is 17.9 Å². The molecule has 0 aliphatic carbocycles. The molecule has 0 radical (unpaired) electrons. The summed E-state index contributed by atoms with van der Waals surface area (Å²) in [5, 5.41) is 0.642. The topological polar surface area (TPSA) is 30.2 Å². The van der Waals surface area contributed by atoms with Crippen LogP contribution < -0.4 is 0 Å². The smallest absolute Gasteiger partial charge is 0.127 e. The average molecular weight is 235 g/mol. The molecule has 0 spiro atoms. The van der Waals surface area contributed by atoms with E-state index < -0.39 is 0 Å². The van der Waals surface area contributed by atoms with E-state index in [4.69, 9.17) is 16.0 Å². The molecule has 1 heterocycles. The Morgan fingerprint density at radius 2 is 2.19 bits per heavy atom. The van der Waals surface area contributed by atoms with Crippen LogP contribution >= 0.6 is 11.6 Å². The summed E-state index contributed by atoms with van der Waals surface area (Å²) in [4.78, 5) is 11.1. The van der Waals surface area contributed by atoms with Crippen LogP contribution in [0.1, 0.15) is 17.2 Å². The SMILES string of the molecule is O=CC(Cc1ccco1)c1cccc(Cl)c1. The van der Waals surface area contributed by atoms with Crippen molar-refractivity contribution < 1.29 is 9.21 Å². The number of carbonyl (C=O) groups excluding carboxylic acids is 1. The van der Waals surface area contributed by atoms with Gasteiger partial charge >= 0.3 is 0 Å². The summed E-state index contributed by atoms with van der Waals surface area (Å²) >= 11 is 5.89. The van der Waals surface area contributed by atoms with Crippen LogP contribution in [0, 0.1) is 0 Å². The number of furan rings is 1. The quantitative estimate of drug-likeness (QED) is 0.759. The van der Waals surface area contributed by atoms with Crippen LogP contribution in [0.15, 0.2) is 47.1 Å². The summed E-state index contributed by atoms with van der Waals surface area (Å²) < 4.78 is 5.23. The molecule has 1 aromatic heterocycles. The molecule has 0 amide bonds. The maximum absolute atomic E-state index is 11.1. The summed E-state index contributed by atoms with van der Waals surface area (Å²) in [6.07, 6.45) is 3.10. The van der Waals surface area contributed by atoms with E-state index in [1.54, 1.807) is 12.3 Å². The van der Waals surface area contributed by atoms with Gasteiger partial charge in [0.1, 0.15) is 12.0 Å². The largest absolute Gasteiger partial charge is 0.469 e. The van der Waals surface area contributed by atoms with Crippen molar-refractivity contribution in [1.82, 2.24) is 0 Å². The first kappa shape index (κ1) is 11.0. The highest BCUT2D eigenvalue weighted by atomic mass is 35.5. The maximum atomic E-state index is 11.1. The summed E-state index contributed by atoms with van der Waals surface area (Å²) in [5.74, 6) is 0.599. The zero-order valence-electron chi connectivity index (χ0n) is 8.60. The zero-order valence-corrected chi connectivity index (χ0v) is 9.35. The number of hydrogen-bond acceptors (Lipinski definition) is 2. The number of carbonyl (C=O) groups is 1. The zero-order chi connectivity index (χ0) is 11.4. The van der Waals surface area contributed by atoms with Crippen molar-refractivity contribution in [3.8, 4) is 0 Å². The molecule has 2 nitrogen and oxygen atoms in total. The van der Waals surface area contributed by atoms with Gasteiger partial charge in [0.15, 0.2) is 0 Å². The molecular weight excluding hydrogens is 224 g/mol. The van der Waals surface area contributed by atoms with E-state index in [2.05, 4.69) is 0 Å². The molecule has 1 aromatic carbocycles. The Kier molecular flexibility index (Phi) is 3.42. The Bertz CT molecular complexity index is 463.